The second kappa shape index (κ2) is 7.44. The predicted molar refractivity (Wildman–Crippen MR) is 83.4 cm³/mol. The van der Waals surface area contributed by atoms with Crippen molar-refractivity contribution in [1.29, 1.82) is 0 Å². The molecule has 1 saturated carbocycles. The summed E-state index contributed by atoms with van der Waals surface area (Å²) in [4.78, 5) is 15.0. The maximum absolute atomic E-state index is 12.8. The van der Waals surface area contributed by atoms with E-state index >= 15 is 0 Å². The predicted octanol–water partition coefficient (Wildman–Crippen LogP) is 3.68. The summed E-state index contributed by atoms with van der Waals surface area (Å²) in [5.74, 6) is 1.07. The molecule has 1 N–H and O–H groups in total. The van der Waals surface area contributed by atoms with Crippen molar-refractivity contribution in [3.05, 3.63) is 0 Å². The minimum Gasteiger partial charge on any atom is -0.323 e. The van der Waals surface area contributed by atoms with Crippen LogP contribution in [-0.4, -0.2) is 29.1 Å². The van der Waals surface area contributed by atoms with Gasteiger partial charge in [-0.25, -0.2) is 0 Å². The molecule has 2 fully saturated rings. The van der Waals surface area contributed by atoms with Crippen LogP contribution in [0.25, 0.3) is 0 Å². The molecule has 2 unspecified atom stereocenters. The molecule has 0 radical (unpaired) electrons. The molecule has 2 aliphatic rings. The first kappa shape index (κ1) is 15.8. The Morgan fingerprint density at radius 1 is 1.20 bits per heavy atom. The van der Waals surface area contributed by atoms with Crippen LogP contribution in [0, 0.1) is 5.92 Å². The van der Waals surface area contributed by atoms with Gasteiger partial charge in [0.2, 0.25) is 5.91 Å². The zero-order valence-corrected chi connectivity index (χ0v) is 13.5. The van der Waals surface area contributed by atoms with E-state index in [0.717, 1.165) is 25.7 Å². The van der Waals surface area contributed by atoms with E-state index in [1.165, 1.54) is 32.1 Å². The maximum Gasteiger partial charge on any atom is 0.241 e. The Hall–Kier alpha value is -0.570. The normalized spacial score (nSPS) is 28.0. The summed E-state index contributed by atoms with van der Waals surface area (Å²) in [6, 6.07) is 0.508. The average Bonchev–Trinajstić information content (AvgIpc) is 3.08. The summed E-state index contributed by atoms with van der Waals surface area (Å²) in [5, 5.41) is 3.69. The van der Waals surface area contributed by atoms with Crippen molar-refractivity contribution in [3.63, 3.8) is 0 Å². The molecule has 1 aliphatic heterocycles. The van der Waals surface area contributed by atoms with E-state index in [1.54, 1.807) is 0 Å². The van der Waals surface area contributed by atoms with Crippen molar-refractivity contribution in [2.24, 2.45) is 5.92 Å². The Balaban J connectivity index is 2.11. The van der Waals surface area contributed by atoms with Crippen LogP contribution in [0.2, 0.25) is 0 Å². The molecule has 0 aromatic rings. The zero-order chi connectivity index (χ0) is 14.5. The molecule has 1 heterocycles. The fourth-order valence-electron chi connectivity index (χ4n) is 4.02. The quantitative estimate of drug-likeness (QED) is 0.771. The molecule has 2 rings (SSSR count). The third-order valence-corrected chi connectivity index (χ3v) is 5.25. The molecular formula is C17H32N2O. The largest absolute Gasteiger partial charge is 0.323 e. The van der Waals surface area contributed by atoms with Gasteiger partial charge in [0.1, 0.15) is 0 Å². The van der Waals surface area contributed by atoms with Gasteiger partial charge < -0.3 is 4.90 Å². The monoisotopic (exact) mass is 280 g/mol. The highest BCUT2D eigenvalue weighted by atomic mass is 16.2. The van der Waals surface area contributed by atoms with Gasteiger partial charge in [-0.2, -0.15) is 0 Å². The molecule has 0 bridgehead atoms. The standard InChI is InChI=1S/C17H32N2O/c1-4-7-12-15-17(20)19(14(5-2)6-3)16(18-15)13-10-8-9-11-13/h13-16,18H,4-12H2,1-3H3. The van der Waals surface area contributed by atoms with Crippen molar-refractivity contribution in [1.82, 2.24) is 10.2 Å². The zero-order valence-electron chi connectivity index (χ0n) is 13.5. The number of rotatable bonds is 7. The van der Waals surface area contributed by atoms with E-state index in [4.69, 9.17) is 0 Å². The van der Waals surface area contributed by atoms with Gasteiger partial charge in [0, 0.05) is 6.04 Å². The molecule has 3 heteroatoms. The SMILES string of the molecule is CCCCC1NC(C2CCCC2)N(C(CC)CC)C1=O. The van der Waals surface area contributed by atoms with E-state index in [-0.39, 0.29) is 6.04 Å². The lowest BCUT2D eigenvalue weighted by Crippen LogP contribution is -2.47. The van der Waals surface area contributed by atoms with E-state index < -0.39 is 0 Å². The van der Waals surface area contributed by atoms with E-state index in [9.17, 15) is 4.79 Å². The lowest BCUT2D eigenvalue weighted by atomic mass is 10.0. The van der Waals surface area contributed by atoms with Crippen molar-refractivity contribution in [3.8, 4) is 0 Å². The minimum atomic E-state index is 0.0844. The van der Waals surface area contributed by atoms with Crippen LogP contribution in [0.4, 0.5) is 0 Å². The lowest BCUT2D eigenvalue weighted by molar-refractivity contribution is -0.133. The van der Waals surface area contributed by atoms with Crippen LogP contribution in [0.15, 0.2) is 0 Å². The highest BCUT2D eigenvalue weighted by Gasteiger charge is 2.44. The average molecular weight is 280 g/mol. The van der Waals surface area contributed by atoms with Crippen molar-refractivity contribution < 1.29 is 4.79 Å². The van der Waals surface area contributed by atoms with Gasteiger partial charge in [0.25, 0.3) is 0 Å². The number of amides is 1. The first-order valence-corrected chi connectivity index (χ1v) is 8.81. The van der Waals surface area contributed by atoms with Crippen molar-refractivity contribution in [2.75, 3.05) is 0 Å². The van der Waals surface area contributed by atoms with Crippen LogP contribution >= 0.6 is 0 Å². The van der Waals surface area contributed by atoms with Gasteiger partial charge in [-0.3, -0.25) is 10.1 Å². The summed E-state index contributed by atoms with van der Waals surface area (Å²) >= 11 is 0. The lowest BCUT2D eigenvalue weighted by Gasteiger charge is -2.34. The molecule has 0 aromatic heterocycles. The molecule has 1 aliphatic carbocycles. The minimum absolute atomic E-state index is 0.0844. The van der Waals surface area contributed by atoms with Gasteiger partial charge in [-0.15, -0.1) is 0 Å². The smallest absolute Gasteiger partial charge is 0.241 e. The van der Waals surface area contributed by atoms with Gasteiger partial charge in [-0.05, 0) is 38.0 Å². The molecule has 0 aromatic carbocycles. The number of unbranched alkanes of at least 4 members (excludes halogenated alkanes) is 1. The highest BCUT2D eigenvalue weighted by Crippen LogP contribution is 2.34. The molecular weight excluding hydrogens is 248 g/mol. The third kappa shape index (κ3) is 3.19. The molecule has 0 spiro atoms. The summed E-state index contributed by atoms with van der Waals surface area (Å²) in [5.41, 5.74) is 0. The van der Waals surface area contributed by atoms with E-state index in [0.29, 0.717) is 24.0 Å². The van der Waals surface area contributed by atoms with Crippen LogP contribution in [0.1, 0.15) is 78.6 Å². The first-order valence-electron chi connectivity index (χ1n) is 8.81. The Morgan fingerprint density at radius 3 is 2.40 bits per heavy atom. The maximum atomic E-state index is 12.8. The van der Waals surface area contributed by atoms with Crippen LogP contribution in [-0.2, 0) is 4.79 Å². The Bertz CT molecular complexity index is 308. The highest BCUT2D eigenvalue weighted by molar-refractivity contribution is 5.84. The molecule has 1 saturated heterocycles. The topological polar surface area (TPSA) is 32.3 Å². The van der Waals surface area contributed by atoms with Crippen LogP contribution in [0.5, 0.6) is 0 Å². The number of nitrogens with one attached hydrogen (secondary N) is 1. The molecule has 116 valence electrons. The Kier molecular flexibility index (Phi) is 5.88. The second-order valence-corrected chi connectivity index (χ2v) is 6.57. The molecule has 20 heavy (non-hydrogen) atoms. The summed E-state index contributed by atoms with van der Waals surface area (Å²) < 4.78 is 0. The van der Waals surface area contributed by atoms with Gasteiger partial charge >= 0.3 is 0 Å². The molecule has 2 atom stereocenters. The van der Waals surface area contributed by atoms with E-state index in [1.807, 2.05) is 0 Å². The van der Waals surface area contributed by atoms with Gasteiger partial charge in [0.15, 0.2) is 0 Å². The summed E-state index contributed by atoms with van der Waals surface area (Å²) in [6.07, 6.45) is 11.1. The van der Waals surface area contributed by atoms with Gasteiger partial charge in [-0.1, -0.05) is 46.5 Å². The second-order valence-electron chi connectivity index (χ2n) is 6.57. The fraction of sp³-hybridized carbons (Fsp3) is 0.941. The summed E-state index contributed by atoms with van der Waals surface area (Å²) in [6.45, 7) is 6.63. The van der Waals surface area contributed by atoms with E-state index in [2.05, 4.69) is 31.0 Å². The number of hydrogen-bond acceptors (Lipinski definition) is 2. The van der Waals surface area contributed by atoms with Crippen molar-refractivity contribution >= 4 is 5.91 Å². The third-order valence-electron chi connectivity index (χ3n) is 5.25. The number of nitrogens with zero attached hydrogens (tertiary/aromatic N) is 1. The Labute approximate surface area is 124 Å². The number of hydrogen-bond donors (Lipinski definition) is 1. The Morgan fingerprint density at radius 2 is 1.85 bits per heavy atom. The number of carbonyl (C=O) groups is 1. The number of carbonyl (C=O) groups excluding carboxylic acids is 1. The first-order chi connectivity index (χ1) is 9.72. The van der Waals surface area contributed by atoms with Crippen LogP contribution in [0.3, 0.4) is 0 Å². The van der Waals surface area contributed by atoms with Crippen LogP contribution < -0.4 is 5.32 Å². The summed E-state index contributed by atoms with van der Waals surface area (Å²) in [7, 11) is 0. The van der Waals surface area contributed by atoms with Crippen molar-refractivity contribution in [2.45, 2.75) is 96.8 Å². The molecule has 3 nitrogen and oxygen atoms in total. The van der Waals surface area contributed by atoms with Gasteiger partial charge in [0.05, 0.1) is 12.2 Å². The fourth-order valence-corrected chi connectivity index (χ4v) is 4.02. The molecule has 1 amide bonds.